The maximum atomic E-state index is 5.95. The average Bonchev–Trinajstić information content (AvgIpc) is 2.36. The second kappa shape index (κ2) is 5.07. The van der Waals surface area contributed by atoms with Gasteiger partial charge in [-0.2, -0.15) is 0 Å². The molecule has 18 heavy (non-hydrogen) atoms. The molecule has 1 heterocycles. The molecule has 94 valence electrons. The van der Waals surface area contributed by atoms with Crippen LogP contribution >= 0.6 is 11.6 Å². The van der Waals surface area contributed by atoms with Crippen molar-refractivity contribution in [1.29, 1.82) is 0 Å². The summed E-state index contributed by atoms with van der Waals surface area (Å²) in [5.41, 5.74) is 10.5. The van der Waals surface area contributed by atoms with Crippen LogP contribution in [0.3, 0.4) is 0 Å². The molecule has 7 heteroatoms. The first kappa shape index (κ1) is 12.4. The van der Waals surface area contributed by atoms with Crippen molar-refractivity contribution in [2.45, 2.75) is 6.92 Å². The molecule has 0 fully saturated rings. The third-order valence-corrected chi connectivity index (χ3v) is 2.71. The minimum absolute atomic E-state index is 0.347. The summed E-state index contributed by atoms with van der Waals surface area (Å²) in [6, 6.07) is 5.52. The van der Waals surface area contributed by atoms with Gasteiger partial charge in [0.05, 0.1) is 0 Å². The lowest BCUT2D eigenvalue weighted by atomic mass is 10.2. The molecule has 0 amide bonds. The molecule has 6 N–H and O–H groups in total. The van der Waals surface area contributed by atoms with Crippen molar-refractivity contribution in [1.82, 2.24) is 9.97 Å². The fourth-order valence-electron chi connectivity index (χ4n) is 1.47. The van der Waals surface area contributed by atoms with Gasteiger partial charge in [-0.15, -0.1) is 0 Å². The number of nitrogens with one attached hydrogen (secondary N) is 2. The average molecular weight is 265 g/mol. The largest absolute Gasteiger partial charge is 0.393 e. The molecule has 1 aromatic carbocycles. The molecule has 0 saturated carbocycles. The zero-order valence-electron chi connectivity index (χ0n) is 9.74. The summed E-state index contributed by atoms with van der Waals surface area (Å²) in [5.74, 6) is 6.14. The molecule has 0 unspecified atom stereocenters. The summed E-state index contributed by atoms with van der Waals surface area (Å²) >= 11 is 5.95. The van der Waals surface area contributed by atoms with Crippen molar-refractivity contribution in [3.8, 4) is 0 Å². The zero-order chi connectivity index (χ0) is 13.1. The number of rotatable bonds is 3. The van der Waals surface area contributed by atoms with Crippen molar-refractivity contribution in [3.63, 3.8) is 0 Å². The fourth-order valence-corrected chi connectivity index (χ4v) is 1.64. The minimum Gasteiger partial charge on any atom is -0.393 e. The molecule has 0 saturated heterocycles. The van der Waals surface area contributed by atoms with Crippen LogP contribution in [0.25, 0.3) is 0 Å². The highest BCUT2D eigenvalue weighted by Gasteiger charge is 2.08. The molecule has 0 spiro atoms. The van der Waals surface area contributed by atoms with E-state index in [0.29, 0.717) is 22.3 Å². The van der Waals surface area contributed by atoms with Crippen LogP contribution < -0.4 is 22.3 Å². The Morgan fingerprint density at radius 3 is 2.67 bits per heavy atom. The number of hydrogen-bond donors (Lipinski definition) is 4. The van der Waals surface area contributed by atoms with Gasteiger partial charge in [-0.25, -0.2) is 15.8 Å². The normalized spacial score (nSPS) is 10.2. The van der Waals surface area contributed by atoms with Gasteiger partial charge in [0.25, 0.3) is 0 Å². The van der Waals surface area contributed by atoms with Crippen LogP contribution in [0.1, 0.15) is 5.56 Å². The Kier molecular flexibility index (Phi) is 3.50. The third kappa shape index (κ3) is 2.44. The van der Waals surface area contributed by atoms with E-state index in [-0.39, 0.29) is 0 Å². The molecule has 0 aliphatic rings. The monoisotopic (exact) mass is 264 g/mol. The predicted molar refractivity (Wildman–Crippen MR) is 73.7 cm³/mol. The number of nitrogens with two attached hydrogens (primary N) is 2. The van der Waals surface area contributed by atoms with Gasteiger partial charge >= 0.3 is 0 Å². The Morgan fingerprint density at radius 1 is 1.22 bits per heavy atom. The maximum Gasteiger partial charge on any atom is 0.168 e. The van der Waals surface area contributed by atoms with E-state index in [0.717, 1.165) is 11.3 Å². The molecule has 0 atom stereocenters. The highest BCUT2D eigenvalue weighted by atomic mass is 35.5. The summed E-state index contributed by atoms with van der Waals surface area (Å²) in [6.45, 7) is 1.96. The van der Waals surface area contributed by atoms with E-state index >= 15 is 0 Å². The lowest BCUT2D eigenvalue weighted by molar-refractivity contribution is 1.14. The molecule has 6 nitrogen and oxygen atoms in total. The van der Waals surface area contributed by atoms with Gasteiger partial charge in [0.15, 0.2) is 11.6 Å². The number of benzene rings is 1. The number of hydrogen-bond acceptors (Lipinski definition) is 6. The molecule has 1 aromatic heterocycles. The summed E-state index contributed by atoms with van der Waals surface area (Å²) in [5, 5.41) is 3.73. The van der Waals surface area contributed by atoms with Gasteiger partial charge in [0.2, 0.25) is 0 Å². The second-order valence-corrected chi connectivity index (χ2v) is 4.15. The van der Waals surface area contributed by atoms with Crippen LogP contribution in [0.15, 0.2) is 24.5 Å². The molecule has 0 radical (unpaired) electrons. The smallest absolute Gasteiger partial charge is 0.168 e. The van der Waals surface area contributed by atoms with Crippen molar-refractivity contribution >= 4 is 34.6 Å². The van der Waals surface area contributed by atoms with Gasteiger partial charge in [-0.05, 0) is 24.6 Å². The molecule has 2 rings (SSSR count). The van der Waals surface area contributed by atoms with E-state index in [2.05, 4.69) is 20.7 Å². The molecule has 0 aliphatic carbocycles. The number of hydrazine groups is 1. The summed E-state index contributed by atoms with van der Waals surface area (Å²) in [7, 11) is 0. The standard InChI is InChI=1S/C11H13ClN6/c1-6-2-3-7(12)4-8(6)17-10-9(13)11(18-14)16-5-15-10/h2-5H,13-14H2,1H3,(H2,15,16,17,18). The Hall–Kier alpha value is -2.05. The van der Waals surface area contributed by atoms with E-state index in [4.69, 9.17) is 23.2 Å². The zero-order valence-corrected chi connectivity index (χ0v) is 10.5. The van der Waals surface area contributed by atoms with E-state index in [1.807, 2.05) is 19.1 Å². The first-order chi connectivity index (χ1) is 8.61. The van der Waals surface area contributed by atoms with Crippen LogP contribution in [-0.4, -0.2) is 9.97 Å². The number of anilines is 4. The van der Waals surface area contributed by atoms with Crippen LogP contribution in [-0.2, 0) is 0 Å². The van der Waals surface area contributed by atoms with Crippen molar-refractivity contribution in [2.24, 2.45) is 5.84 Å². The van der Waals surface area contributed by atoms with Gasteiger partial charge < -0.3 is 16.5 Å². The highest BCUT2D eigenvalue weighted by Crippen LogP contribution is 2.28. The van der Waals surface area contributed by atoms with Crippen molar-refractivity contribution in [3.05, 3.63) is 35.1 Å². The fraction of sp³-hybridized carbons (Fsp3) is 0.0909. The van der Waals surface area contributed by atoms with Crippen LogP contribution in [0.2, 0.25) is 5.02 Å². The summed E-state index contributed by atoms with van der Waals surface area (Å²) in [4.78, 5) is 7.97. The lowest BCUT2D eigenvalue weighted by Crippen LogP contribution is -2.12. The minimum atomic E-state index is 0.347. The summed E-state index contributed by atoms with van der Waals surface area (Å²) in [6.07, 6.45) is 1.37. The molecule has 2 aromatic rings. The number of nitrogens with zero attached hydrogens (tertiary/aromatic N) is 2. The van der Waals surface area contributed by atoms with Gasteiger partial charge in [-0.1, -0.05) is 17.7 Å². The van der Waals surface area contributed by atoms with Crippen LogP contribution in [0.4, 0.5) is 23.0 Å². The first-order valence-electron chi connectivity index (χ1n) is 5.22. The van der Waals surface area contributed by atoms with E-state index in [9.17, 15) is 0 Å². The topological polar surface area (TPSA) is 102 Å². The molecular formula is C11H13ClN6. The van der Waals surface area contributed by atoms with E-state index in [1.54, 1.807) is 6.07 Å². The number of aryl methyl sites for hydroxylation is 1. The van der Waals surface area contributed by atoms with Crippen LogP contribution in [0.5, 0.6) is 0 Å². The highest BCUT2D eigenvalue weighted by molar-refractivity contribution is 6.30. The van der Waals surface area contributed by atoms with E-state index in [1.165, 1.54) is 6.33 Å². The number of aromatic nitrogens is 2. The molecule has 0 bridgehead atoms. The summed E-state index contributed by atoms with van der Waals surface area (Å²) < 4.78 is 0. The maximum absolute atomic E-state index is 5.95. The van der Waals surface area contributed by atoms with Gasteiger partial charge in [-0.3, -0.25) is 0 Å². The second-order valence-electron chi connectivity index (χ2n) is 3.71. The van der Waals surface area contributed by atoms with Gasteiger partial charge in [0, 0.05) is 10.7 Å². The predicted octanol–water partition coefficient (Wildman–Crippen LogP) is 2.05. The third-order valence-electron chi connectivity index (χ3n) is 2.47. The SMILES string of the molecule is Cc1ccc(Cl)cc1Nc1ncnc(NN)c1N. The van der Waals surface area contributed by atoms with Crippen LogP contribution in [0, 0.1) is 6.92 Å². The first-order valence-corrected chi connectivity index (χ1v) is 5.60. The van der Waals surface area contributed by atoms with Gasteiger partial charge in [0.1, 0.15) is 12.0 Å². The molecular weight excluding hydrogens is 252 g/mol. The van der Waals surface area contributed by atoms with E-state index < -0.39 is 0 Å². The lowest BCUT2D eigenvalue weighted by Gasteiger charge is -2.12. The number of nitrogen functional groups attached to an aromatic ring is 2. The van der Waals surface area contributed by atoms with Crippen molar-refractivity contribution in [2.75, 3.05) is 16.5 Å². The number of halogens is 1. The Morgan fingerprint density at radius 2 is 1.94 bits per heavy atom. The Bertz CT molecular complexity index is 571. The Labute approximate surface area is 109 Å². The van der Waals surface area contributed by atoms with Crippen molar-refractivity contribution < 1.29 is 0 Å². The quantitative estimate of drug-likeness (QED) is 0.500. The Balaban J connectivity index is 2.37. The molecule has 0 aliphatic heterocycles.